The highest BCUT2D eigenvalue weighted by molar-refractivity contribution is 6.23. The Hall–Kier alpha value is -3.02. The van der Waals surface area contributed by atoms with Crippen molar-refractivity contribution in [2.75, 3.05) is 0 Å². The summed E-state index contributed by atoms with van der Waals surface area (Å²) in [5.41, 5.74) is 0.480. The van der Waals surface area contributed by atoms with Crippen LogP contribution in [0.3, 0.4) is 0 Å². The average molecular weight is 264 g/mol. The fourth-order valence-corrected chi connectivity index (χ4v) is 2.38. The van der Waals surface area contributed by atoms with E-state index in [0.29, 0.717) is 11.7 Å². The minimum atomic E-state index is -0.432. The second-order valence-electron chi connectivity index (χ2n) is 4.39. The van der Waals surface area contributed by atoms with E-state index in [2.05, 4.69) is 9.98 Å². The third-order valence-corrected chi connectivity index (χ3v) is 3.22. The van der Waals surface area contributed by atoms with Crippen LogP contribution in [0.5, 0.6) is 0 Å². The highest BCUT2D eigenvalue weighted by atomic mass is 16.2. The van der Waals surface area contributed by atoms with Gasteiger partial charge in [-0.1, -0.05) is 12.2 Å². The summed E-state index contributed by atoms with van der Waals surface area (Å²) in [6.45, 7) is 0. The number of carbonyl (C=O) groups is 2. The lowest BCUT2D eigenvalue weighted by atomic mass is 10.2. The van der Waals surface area contributed by atoms with Gasteiger partial charge in [0.1, 0.15) is 23.1 Å². The summed E-state index contributed by atoms with van der Waals surface area (Å²) in [6, 6.07) is 0. The van der Waals surface area contributed by atoms with Crippen molar-refractivity contribution >= 4 is 23.5 Å². The molecular formula is C14H8N4O2. The second-order valence-corrected chi connectivity index (χ2v) is 4.39. The smallest absolute Gasteiger partial charge is 0.295 e. The highest BCUT2D eigenvalue weighted by Gasteiger charge is 2.39. The Kier molecular flexibility index (Phi) is 2.03. The number of amides is 2. The van der Waals surface area contributed by atoms with E-state index in [4.69, 9.17) is 0 Å². The fourth-order valence-electron chi connectivity index (χ4n) is 2.38. The van der Waals surface area contributed by atoms with Crippen LogP contribution in [0.1, 0.15) is 0 Å². The number of hydrogen-bond acceptors (Lipinski definition) is 4. The molecule has 0 spiro atoms. The molecule has 0 aromatic carbocycles. The minimum Gasteiger partial charge on any atom is -0.295 e. The molecule has 20 heavy (non-hydrogen) atoms. The van der Waals surface area contributed by atoms with Crippen molar-refractivity contribution in [2.24, 2.45) is 9.98 Å². The molecule has 96 valence electrons. The molecule has 0 aromatic heterocycles. The largest absolute Gasteiger partial charge is 0.298 e. The zero-order valence-corrected chi connectivity index (χ0v) is 10.2. The van der Waals surface area contributed by atoms with Gasteiger partial charge in [-0.25, -0.2) is 0 Å². The molecule has 0 fully saturated rings. The summed E-state index contributed by atoms with van der Waals surface area (Å²) in [4.78, 5) is 35.4. The third kappa shape index (κ3) is 1.33. The Bertz CT molecular complexity index is 698. The van der Waals surface area contributed by atoms with Crippen LogP contribution >= 0.6 is 0 Å². The van der Waals surface area contributed by atoms with Crippen molar-refractivity contribution in [3.63, 3.8) is 0 Å². The molecule has 0 saturated carbocycles. The summed E-state index contributed by atoms with van der Waals surface area (Å²) in [7, 11) is 0. The van der Waals surface area contributed by atoms with E-state index in [1.165, 1.54) is 0 Å². The molecule has 0 unspecified atom stereocenters. The number of rotatable bonds is 0. The van der Waals surface area contributed by atoms with Gasteiger partial charge >= 0.3 is 0 Å². The van der Waals surface area contributed by atoms with Gasteiger partial charge in [-0.15, -0.1) is 0 Å². The van der Waals surface area contributed by atoms with Gasteiger partial charge in [0.15, 0.2) is 0 Å². The van der Waals surface area contributed by atoms with Crippen LogP contribution in [-0.2, 0) is 9.59 Å². The van der Waals surface area contributed by atoms with Gasteiger partial charge in [-0.05, 0) is 24.3 Å². The first-order valence-corrected chi connectivity index (χ1v) is 6.04. The first-order chi connectivity index (χ1) is 9.75. The molecule has 0 aliphatic carbocycles. The van der Waals surface area contributed by atoms with Crippen molar-refractivity contribution in [1.29, 1.82) is 0 Å². The average Bonchev–Trinajstić information content (AvgIpc) is 2.94. The SMILES string of the molecule is O=C1N=C2C=CC=CN2/C1=C1\C(=O)N=C2C=CC=CN21. The molecule has 4 aliphatic rings. The molecule has 0 N–H and O–H groups in total. The topological polar surface area (TPSA) is 65.3 Å². The van der Waals surface area contributed by atoms with Crippen LogP contribution < -0.4 is 0 Å². The normalized spacial score (nSPS) is 26.2. The number of hydrogen-bond donors (Lipinski definition) is 0. The molecule has 0 aromatic rings. The summed E-state index contributed by atoms with van der Waals surface area (Å²) in [5, 5.41) is 0. The van der Waals surface area contributed by atoms with Crippen LogP contribution in [0.15, 0.2) is 70.2 Å². The van der Waals surface area contributed by atoms with E-state index in [-0.39, 0.29) is 11.4 Å². The Balaban J connectivity index is 1.88. The Labute approximate surface area is 114 Å². The summed E-state index contributed by atoms with van der Waals surface area (Å²) in [6.07, 6.45) is 14.0. The highest BCUT2D eigenvalue weighted by Crippen LogP contribution is 2.30. The maximum Gasteiger partial charge on any atom is 0.298 e. The second kappa shape index (κ2) is 3.74. The van der Waals surface area contributed by atoms with E-state index in [1.807, 2.05) is 0 Å². The van der Waals surface area contributed by atoms with Gasteiger partial charge in [0.2, 0.25) is 0 Å². The molecule has 4 heterocycles. The number of nitrogens with zero attached hydrogens (tertiary/aromatic N) is 4. The summed E-state index contributed by atoms with van der Waals surface area (Å²) < 4.78 is 0. The standard InChI is InChI=1S/C14H8N4O2/c19-13-11(17-7-3-1-5-9(17)15-13)12-14(20)16-10-6-2-4-8-18(10)12/h1-8H/b12-11+. The number of aliphatic imine (C=N–C) groups is 2. The number of carbonyl (C=O) groups excluding carboxylic acids is 2. The number of allylic oxidation sites excluding steroid dienone is 4. The molecule has 6 nitrogen and oxygen atoms in total. The van der Waals surface area contributed by atoms with Gasteiger partial charge < -0.3 is 0 Å². The Morgan fingerprint density at radius 3 is 1.60 bits per heavy atom. The van der Waals surface area contributed by atoms with Crippen molar-refractivity contribution in [3.8, 4) is 0 Å². The van der Waals surface area contributed by atoms with Crippen molar-refractivity contribution in [2.45, 2.75) is 0 Å². The predicted octanol–water partition coefficient (Wildman–Crippen LogP) is 0.846. The van der Waals surface area contributed by atoms with E-state index < -0.39 is 11.8 Å². The molecule has 4 aliphatic heterocycles. The van der Waals surface area contributed by atoms with E-state index in [1.54, 1.807) is 58.7 Å². The molecule has 0 bridgehead atoms. The lowest BCUT2D eigenvalue weighted by molar-refractivity contribution is -0.117. The molecule has 0 atom stereocenters. The van der Waals surface area contributed by atoms with Crippen LogP contribution in [0.2, 0.25) is 0 Å². The van der Waals surface area contributed by atoms with Crippen molar-refractivity contribution < 1.29 is 9.59 Å². The lowest BCUT2D eigenvalue weighted by Gasteiger charge is -2.22. The van der Waals surface area contributed by atoms with E-state index in [9.17, 15) is 9.59 Å². The van der Waals surface area contributed by atoms with Gasteiger partial charge in [-0.2, -0.15) is 9.98 Å². The maximum absolute atomic E-state index is 12.1. The Morgan fingerprint density at radius 1 is 0.700 bits per heavy atom. The van der Waals surface area contributed by atoms with Crippen LogP contribution in [-0.4, -0.2) is 33.3 Å². The monoisotopic (exact) mass is 264 g/mol. The van der Waals surface area contributed by atoms with Crippen LogP contribution in [0.4, 0.5) is 0 Å². The lowest BCUT2D eigenvalue weighted by Crippen LogP contribution is -2.29. The van der Waals surface area contributed by atoms with Gasteiger partial charge in [0.05, 0.1) is 0 Å². The minimum absolute atomic E-state index is 0.240. The number of fused-ring (bicyclic) bond motifs is 2. The molecule has 2 amide bonds. The zero-order chi connectivity index (χ0) is 13.7. The third-order valence-electron chi connectivity index (χ3n) is 3.22. The van der Waals surface area contributed by atoms with Gasteiger partial charge in [0, 0.05) is 12.4 Å². The molecule has 4 rings (SSSR count). The molecular weight excluding hydrogens is 256 g/mol. The first-order valence-electron chi connectivity index (χ1n) is 6.04. The van der Waals surface area contributed by atoms with Crippen LogP contribution in [0, 0.1) is 0 Å². The fraction of sp³-hybridized carbons (Fsp3) is 0. The number of amidine groups is 2. The molecule has 0 saturated heterocycles. The first kappa shape index (κ1) is 10.9. The summed E-state index contributed by atoms with van der Waals surface area (Å²) in [5.74, 6) is 0.161. The van der Waals surface area contributed by atoms with Crippen LogP contribution in [0.25, 0.3) is 0 Å². The van der Waals surface area contributed by atoms with E-state index >= 15 is 0 Å². The summed E-state index contributed by atoms with van der Waals surface area (Å²) >= 11 is 0. The van der Waals surface area contributed by atoms with Crippen molar-refractivity contribution in [1.82, 2.24) is 9.80 Å². The quantitative estimate of drug-likeness (QED) is 0.608. The maximum atomic E-state index is 12.1. The molecule has 0 radical (unpaired) electrons. The van der Waals surface area contributed by atoms with Crippen molar-refractivity contribution in [3.05, 3.63) is 60.3 Å². The Morgan fingerprint density at radius 2 is 1.15 bits per heavy atom. The van der Waals surface area contributed by atoms with Gasteiger partial charge in [-0.3, -0.25) is 19.4 Å². The zero-order valence-electron chi connectivity index (χ0n) is 10.2. The predicted molar refractivity (Wildman–Crippen MR) is 72.1 cm³/mol. The van der Waals surface area contributed by atoms with E-state index in [0.717, 1.165) is 0 Å². The van der Waals surface area contributed by atoms with Gasteiger partial charge in [0.25, 0.3) is 11.8 Å². The molecule has 6 heteroatoms.